The van der Waals surface area contributed by atoms with Crippen LogP contribution in [0.2, 0.25) is 0 Å². The van der Waals surface area contributed by atoms with Crippen molar-refractivity contribution in [2.75, 3.05) is 32.7 Å². The zero-order valence-electron chi connectivity index (χ0n) is 12.5. The van der Waals surface area contributed by atoms with E-state index in [1.165, 1.54) is 0 Å². The first-order valence-corrected chi connectivity index (χ1v) is 6.67. The van der Waals surface area contributed by atoms with Crippen LogP contribution in [-0.4, -0.2) is 33.6 Å². The smallest absolute Gasteiger partial charge is 0.185 e. The highest BCUT2D eigenvalue weighted by molar-refractivity contribution is 6.01. The van der Waals surface area contributed by atoms with Gasteiger partial charge in [-0.15, -0.1) is 0 Å². The van der Waals surface area contributed by atoms with Gasteiger partial charge in [0.1, 0.15) is 11.5 Å². The predicted octanol–water partition coefficient (Wildman–Crippen LogP) is 3.02. The van der Waals surface area contributed by atoms with Gasteiger partial charge in [-0.1, -0.05) is 24.3 Å². The third kappa shape index (κ3) is 3.34. The Labute approximate surface area is 124 Å². The molecule has 0 radical (unpaired) electrons. The molecule has 0 aliphatic rings. The van der Waals surface area contributed by atoms with E-state index in [-0.39, 0.29) is 12.3 Å². The molecular weight excluding hydrogens is 266 g/mol. The number of benzene rings is 2. The van der Waals surface area contributed by atoms with Crippen LogP contribution in [0.25, 0.3) is 0 Å². The fraction of sp³-hybridized carbons (Fsp3) is 0.235. The molecule has 0 aliphatic heterocycles. The van der Waals surface area contributed by atoms with E-state index in [4.69, 9.17) is 9.47 Å². The number of carbonyl (C=O) groups is 1. The van der Waals surface area contributed by atoms with Gasteiger partial charge in [0.05, 0.1) is 32.0 Å². The van der Waals surface area contributed by atoms with E-state index in [0.717, 1.165) is 11.4 Å². The molecule has 4 nitrogen and oxygen atoms in total. The quantitative estimate of drug-likeness (QED) is 0.765. The van der Waals surface area contributed by atoms with Gasteiger partial charge in [-0.25, -0.2) is 0 Å². The van der Waals surface area contributed by atoms with E-state index in [0.29, 0.717) is 11.3 Å². The Morgan fingerprint density at radius 1 is 0.952 bits per heavy atom. The molecule has 0 unspecified atom stereocenters. The van der Waals surface area contributed by atoms with Gasteiger partial charge in [0.25, 0.3) is 0 Å². The van der Waals surface area contributed by atoms with Gasteiger partial charge in [-0.05, 0) is 24.3 Å². The van der Waals surface area contributed by atoms with E-state index in [1.807, 2.05) is 48.3 Å². The van der Waals surface area contributed by atoms with Crippen molar-refractivity contribution in [1.29, 1.82) is 0 Å². The number of hydrogen-bond donors (Lipinski definition) is 0. The van der Waals surface area contributed by atoms with Gasteiger partial charge in [-0.3, -0.25) is 4.79 Å². The number of carbonyl (C=O) groups excluding carboxylic acids is 1. The largest absolute Gasteiger partial charge is 0.496 e. The van der Waals surface area contributed by atoms with Gasteiger partial charge in [0.2, 0.25) is 0 Å². The molecule has 0 atom stereocenters. The van der Waals surface area contributed by atoms with Crippen LogP contribution in [0.5, 0.6) is 11.5 Å². The normalized spacial score (nSPS) is 10.0. The van der Waals surface area contributed by atoms with E-state index >= 15 is 0 Å². The highest BCUT2D eigenvalue weighted by Crippen LogP contribution is 2.27. The maximum Gasteiger partial charge on any atom is 0.185 e. The van der Waals surface area contributed by atoms with Gasteiger partial charge in [0.15, 0.2) is 5.78 Å². The summed E-state index contributed by atoms with van der Waals surface area (Å²) in [7, 11) is 5.05. The molecule has 0 fully saturated rings. The third-order valence-corrected chi connectivity index (χ3v) is 3.28. The summed E-state index contributed by atoms with van der Waals surface area (Å²) < 4.78 is 10.6. The lowest BCUT2D eigenvalue weighted by Crippen LogP contribution is -2.26. The molecule has 0 N–H and O–H groups in total. The molecule has 0 heterocycles. The minimum atomic E-state index is 0.000793. The number of likely N-dealkylation sites (N-methyl/N-ethyl adjacent to an activating group) is 1. The molecule has 2 aromatic rings. The van der Waals surface area contributed by atoms with Crippen molar-refractivity contribution in [2.45, 2.75) is 0 Å². The molecule has 0 saturated carbocycles. The van der Waals surface area contributed by atoms with Crippen LogP contribution < -0.4 is 14.4 Å². The summed E-state index contributed by atoms with van der Waals surface area (Å²) >= 11 is 0. The van der Waals surface area contributed by atoms with Crippen LogP contribution in [0.4, 0.5) is 5.69 Å². The van der Waals surface area contributed by atoms with Crippen molar-refractivity contribution in [2.24, 2.45) is 0 Å². The minimum Gasteiger partial charge on any atom is -0.496 e. The highest BCUT2D eigenvalue weighted by atomic mass is 16.5. The second kappa shape index (κ2) is 6.79. The van der Waals surface area contributed by atoms with Gasteiger partial charge >= 0.3 is 0 Å². The summed E-state index contributed by atoms with van der Waals surface area (Å²) in [6.07, 6.45) is 0. The molecule has 21 heavy (non-hydrogen) atoms. The maximum absolute atomic E-state index is 12.4. The van der Waals surface area contributed by atoms with Gasteiger partial charge in [0, 0.05) is 7.05 Å². The molecule has 2 rings (SSSR count). The van der Waals surface area contributed by atoms with Crippen LogP contribution in [0.1, 0.15) is 10.4 Å². The Bertz CT molecular complexity index is 625. The van der Waals surface area contributed by atoms with E-state index in [2.05, 4.69) is 0 Å². The molecule has 0 spiro atoms. The number of para-hydroxylation sites is 3. The van der Waals surface area contributed by atoms with Crippen LogP contribution in [0.3, 0.4) is 0 Å². The molecular formula is C17H19NO3. The van der Waals surface area contributed by atoms with Crippen LogP contribution in [0, 0.1) is 0 Å². The van der Waals surface area contributed by atoms with Gasteiger partial charge < -0.3 is 14.4 Å². The van der Waals surface area contributed by atoms with E-state index in [9.17, 15) is 4.79 Å². The number of methoxy groups -OCH3 is 2. The lowest BCUT2D eigenvalue weighted by atomic mass is 10.1. The Kier molecular flexibility index (Phi) is 4.82. The van der Waals surface area contributed by atoms with Crippen LogP contribution in [0.15, 0.2) is 48.5 Å². The zero-order chi connectivity index (χ0) is 15.2. The molecule has 0 amide bonds. The fourth-order valence-corrected chi connectivity index (χ4v) is 2.21. The summed E-state index contributed by atoms with van der Waals surface area (Å²) in [5, 5.41) is 0. The standard InChI is InChI=1S/C17H19NO3/c1-18(14-9-5-7-11-17(14)21-3)12-15(19)13-8-4-6-10-16(13)20-2/h4-11H,12H2,1-3H3. The third-order valence-electron chi connectivity index (χ3n) is 3.28. The van der Waals surface area contributed by atoms with Gasteiger partial charge in [-0.2, -0.15) is 0 Å². The Morgan fingerprint density at radius 3 is 2.19 bits per heavy atom. The number of hydrogen-bond acceptors (Lipinski definition) is 4. The van der Waals surface area contributed by atoms with Crippen molar-refractivity contribution in [3.63, 3.8) is 0 Å². The summed E-state index contributed by atoms with van der Waals surface area (Å²) in [5.41, 5.74) is 1.46. The average Bonchev–Trinajstić information content (AvgIpc) is 2.54. The Hall–Kier alpha value is -2.49. The van der Waals surface area contributed by atoms with Crippen molar-refractivity contribution >= 4 is 11.5 Å². The monoisotopic (exact) mass is 285 g/mol. The zero-order valence-corrected chi connectivity index (χ0v) is 12.5. The number of nitrogens with zero attached hydrogens (tertiary/aromatic N) is 1. The minimum absolute atomic E-state index is 0.000793. The van der Waals surface area contributed by atoms with Crippen molar-refractivity contribution in [1.82, 2.24) is 0 Å². The molecule has 2 aromatic carbocycles. The van der Waals surface area contributed by atoms with E-state index in [1.54, 1.807) is 26.4 Å². The first-order valence-electron chi connectivity index (χ1n) is 6.67. The Morgan fingerprint density at radius 2 is 1.52 bits per heavy atom. The molecule has 0 aliphatic carbocycles. The van der Waals surface area contributed by atoms with Crippen molar-refractivity contribution in [3.8, 4) is 11.5 Å². The maximum atomic E-state index is 12.4. The van der Waals surface area contributed by atoms with E-state index < -0.39 is 0 Å². The first-order chi connectivity index (χ1) is 10.2. The second-order valence-corrected chi connectivity index (χ2v) is 4.65. The number of ether oxygens (including phenoxy) is 2. The molecule has 0 saturated heterocycles. The molecule has 0 bridgehead atoms. The fourth-order valence-electron chi connectivity index (χ4n) is 2.21. The van der Waals surface area contributed by atoms with Crippen molar-refractivity contribution < 1.29 is 14.3 Å². The summed E-state index contributed by atoms with van der Waals surface area (Å²) in [5.74, 6) is 1.34. The SMILES string of the molecule is COc1ccccc1C(=O)CN(C)c1ccccc1OC. The first kappa shape index (κ1) is 14.9. The summed E-state index contributed by atoms with van der Waals surface area (Å²) in [6.45, 7) is 0.251. The van der Waals surface area contributed by atoms with Crippen molar-refractivity contribution in [3.05, 3.63) is 54.1 Å². The molecule has 0 aromatic heterocycles. The number of anilines is 1. The highest BCUT2D eigenvalue weighted by Gasteiger charge is 2.15. The van der Waals surface area contributed by atoms with Crippen LogP contribution >= 0.6 is 0 Å². The summed E-state index contributed by atoms with van der Waals surface area (Å²) in [4.78, 5) is 14.3. The topological polar surface area (TPSA) is 38.8 Å². The molecule has 4 heteroatoms. The number of rotatable bonds is 6. The lowest BCUT2D eigenvalue weighted by Gasteiger charge is -2.21. The number of ketones is 1. The second-order valence-electron chi connectivity index (χ2n) is 4.65. The average molecular weight is 285 g/mol. The summed E-state index contributed by atoms with van der Waals surface area (Å²) in [6, 6.07) is 14.9. The predicted molar refractivity (Wildman–Crippen MR) is 83.6 cm³/mol. The number of Topliss-reactive ketones (excluding diaryl/α,β-unsaturated/α-hetero) is 1. The Balaban J connectivity index is 2.19. The lowest BCUT2D eigenvalue weighted by molar-refractivity contribution is 0.0997. The molecule has 110 valence electrons. The van der Waals surface area contributed by atoms with Crippen LogP contribution in [-0.2, 0) is 0 Å².